The number of hydrogen-bond donors (Lipinski definition) is 2. The molecule has 1 heterocycles. The predicted octanol–water partition coefficient (Wildman–Crippen LogP) is 3.86. The van der Waals surface area contributed by atoms with Gasteiger partial charge in [0.15, 0.2) is 6.61 Å². The lowest BCUT2D eigenvalue weighted by molar-refractivity contribution is -0.123. The molecule has 0 spiro atoms. The summed E-state index contributed by atoms with van der Waals surface area (Å²) in [7, 11) is 0. The van der Waals surface area contributed by atoms with Crippen LogP contribution in [-0.2, 0) is 4.79 Å². The fraction of sp³-hybridized carbons (Fsp3) is 0.300. The van der Waals surface area contributed by atoms with Crippen molar-refractivity contribution in [3.05, 3.63) is 59.9 Å². The summed E-state index contributed by atoms with van der Waals surface area (Å²) in [6.45, 7) is 1.95. The molecule has 0 aliphatic carbocycles. The Bertz CT molecular complexity index is 845. The first-order valence-electron chi connectivity index (χ1n) is 8.58. The monoisotopic (exact) mass is 369 g/mol. The van der Waals surface area contributed by atoms with Crippen LogP contribution in [0.15, 0.2) is 48.5 Å². The number of rotatable bonds is 8. The van der Waals surface area contributed by atoms with Crippen LogP contribution in [0, 0.1) is 6.92 Å². The number of amides is 1. The van der Waals surface area contributed by atoms with Gasteiger partial charge >= 0.3 is 0 Å². The van der Waals surface area contributed by atoms with Crippen LogP contribution in [0.3, 0.4) is 0 Å². The number of imidazole rings is 1. The minimum atomic E-state index is -0.164. The number of hydrogen-bond acceptors (Lipinski definition) is 4. The van der Waals surface area contributed by atoms with Crippen molar-refractivity contribution in [2.45, 2.75) is 19.4 Å². The molecule has 0 fully saturated rings. The molecule has 0 saturated heterocycles. The van der Waals surface area contributed by atoms with Gasteiger partial charge in [-0.15, -0.1) is 0 Å². The molecule has 26 heavy (non-hydrogen) atoms. The largest absolute Gasteiger partial charge is 0.484 e. The third-order valence-corrected chi connectivity index (χ3v) is 4.78. The van der Waals surface area contributed by atoms with E-state index < -0.39 is 0 Å². The van der Waals surface area contributed by atoms with Crippen molar-refractivity contribution in [3.63, 3.8) is 0 Å². The van der Waals surface area contributed by atoms with Crippen LogP contribution in [0.1, 0.15) is 23.9 Å². The summed E-state index contributed by atoms with van der Waals surface area (Å²) in [5.41, 5.74) is 2.89. The van der Waals surface area contributed by atoms with Gasteiger partial charge in [0.2, 0.25) is 0 Å². The van der Waals surface area contributed by atoms with Crippen LogP contribution in [0.25, 0.3) is 11.0 Å². The van der Waals surface area contributed by atoms with Crippen LogP contribution in [0.5, 0.6) is 5.75 Å². The van der Waals surface area contributed by atoms with Gasteiger partial charge < -0.3 is 15.0 Å². The molecule has 0 bridgehead atoms. The van der Waals surface area contributed by atoms with Gasteiger partial charge in [0, 0.05) is 0 Å². The van der Waals surface area contributed by atoms with E-state index in [9.17, 15) is 4.79 Å². The normalized spacial score (nSPS) is 12.1. The summed E-state index contributed by atoms with van der Waals surface area (Å²) in [6.07, 6.45) is 2.86. The second-order valence-corrected chi connectivity index (χ2v) is 7.08. The van der Waals surface area contributed by atoms with Gasteiger partial charge in [0.05, 0.1) is 17.1 Å². The maximum Gasteiger partial charge on any atom is 0.258 e. The molecule has 3 aromatic rings. The summed E-state index contributed by atoms with van der Waals surface area (Å²) < 4.78 is 5.65. The molecule has 136 valence electrons. The van der Waals surface area contributed by atoms with Gasteiger partial charge in [-0.1, -0.05) is 30.3 Å². The summed E-state index contributed by atoms with van der Waals surface area (Å²) in [5.74, 6) is 2.29. The number of nitrogens with one attached hydrogen (secondary N) is 2. The molecule has 1 atom stereocenters. The zero-order chi connectivity index (χ0) is 18.4. The quantitative estimate of drug-likeness (QED) is 0.633. The predicted molar refractivity (Wildman–Crippen MR) is 107 cm³/mol. The maximum atomic E-state index is 12.4. The molecule has 0 unspecified atom stereocenters. The van der Waals surface area contributed by atoms with Gasteiger partial charge in [-0.3, -0.25) is 4.79 Å². The second-order valence-electron chi connectivity index (χ2n) is 6.09. The Morgan fingerprint density at radius 2 is 2.00 bits per heavy atom. The third kappa shape index (κ3) is 4.58. The second kappa shape index (κ2) is 8.76. The molecule has 6 heteroatoms. The van der Waals surface area contributed by atoms with Crippen molar-refractivity contribution >= 4 is 28.7 Å². The van der Waals surface area contributed by atoms with Gasteiger partial charge in [-0.2, -0.15) is 11.8 Å². The highest BCUT2D eigenvalue weighted by Crippen LogP contribution is 2.20. The molecule has 1 aromatic heterocycles. The van der Waals surface area contributed by atoms with E-state index >= 15 is 0 Å². The van der Waals surface area contributed by atoms with Crippen molar-refractivity contribution in [2.75, 3.05) is 18.6 Å². The first-order valence-corrected chi connectivity index (χ1v) is 9.98. The van der Waals surface area contributed by atoms with E-state index in [1.807, 2.05) is 55.5 Å². The average molecular weight is 369 g/mol. The van der Waals surface area contributed by atoms with Crippen molar-refractivity contribution in [1.29, 1.82) is 0 Å². The van der Waals surface area contributed by atoms with E-state index in [-0.39, 0.29) is 18.6 Å². The number of para-hydroxylation sites is 3. The minimum absolute atomic E-state index is 0.0130. The molecule has 5 nitrogen and oxygen atoms in total. The van der Waals surface area contributed by atoms with Gasteiger partial charge in [0.1, 0.15) is 11.6 Å². The summed E-state index contributed by atoms with van der Waals surface area (Å²) in [4.78, 5) is 20.4. The highest BCUT2D eigenvalue weighted by atomic mass is 32.2. The highest BCUT2D eigenvalue weighted by molar-refractivity contribution is 7.98. The number of aryl methyl sites for hydroxylation is 1. The standard InChI is InChI=1S/C20H23N3O2S/c1-14-7-3-6-10-18(14)25-13-19(24)21-17(11-12-26-2)20-22-15-8-4-5-9-16(15)23-20/h3-10,17H,11-13H2,1-2H3,(H,21,24)(H,22,23)/t17-/m1/s1. The minimum Gasteiger partial charge on any atom is -0.484 e. The third-order valence-electron chi connectivity index (χ3n) is 4.14. The number of aromatic amines is 1. The lowest BCUT2D eigenvalue weighted by Crippen LogP contribution is -2.33. The Morgan fingerprint density at radius 1 is 1.23 bits per heavy atom. The van der Waals surface area contributed by atoms with Crippen molar-refractivity contribution in [1.82, 2.24) is 15.3 Å². The Labute approximate surface area is 157 Å². The number of carbonyl (C=O) groups is 1. The fourth-order valence-electron chi connectivity index (χ4n) is 2.75. The molecule has 2 N–H and O–H groups in total. The number of ether oxygens (including phenoxy) is 1. The molecular formula is C20H23N3O2S. The van der Waals surface area contributed by atoms with E-state index in [1.165, 1.54) is 0 Å². The Morgan fingerprint density at radius 3 is 2.77 bits per heavy atom. The van der Waals surface area contributed by atoms with Gasteiger partial charge in [-0.25, -0.2) is 4.98 Å². The van der Waals surface area contributed by atoms with Crippen LogP contribution < -0.4 is 10.1 Å². The summed E-state index contributed by atoms with van der Waals surface area (Å²) >= 11 is 1.75. The fourth-order valence-corrected chi connectivity index (χ4v) is 3.22. The lowest BCUT2D eigenvalue weighted by Gasteiger charge is -2.17. The molecule has 2 aromatic carbocycles. The summed E-state index contributed by atoms with van der Waals surface area (Å²) in [5, 5.41) is 3.05. The van der Waals surface area contributed by atoms with Crippen molar-refractivity contribution in [3.8, 4) is 5.75 Å². The number of fused-ring (bicyclic) bond motifs is 1. The molecule has 3 rings (SSSR count). The number of carbonyl (C=O) groups excluding carboxylic acids is 1. The molecule has 0 saturated carbocycles. The van der Waals surface area contributed by atoms with E-state index in [0.717, 1.165) is 40.3 Å². The lowest BCUT2D eigenvalue weighted by atomic mass is 10.2. The van der Waals surface area contributed by atoms with Gasteiger partial charge in [-0.05, 0) is 49.1 Å². The Kier molecular flexibility index (Phi) is 6.17. The summed E-state index contributed by atoms with van der Waals surface area (Å²) in [6, 6.07) is 15.4. The van der Waals surface area contributed by atoms with E-state index in [2.05, 4.69) is 21.5 Å². The first kappa shape index (κ1) is 18.3. The Balaban J connectivity index is 1.67. The van der Waals surface area contributed by atoms with Crippen LogP contribution in [-0.4, -0.2) is 34.5 Å². The molecular weight excluding hydrogens is 346 g/mol. The van der Waals surface area contributed by atoms with Crippen LogP contribution in [0.4, 0.5) is 0 Å². The van der Waals surface area contributed by atoms with E-state index in [0.29, 0.717) is 0 Å². The number of thioether (sulfide) groups is 1. The SMILES string of the molecule is CSCC[C@@H](NC(=O)COc1ccccc1C)c1nc2ccccc2[nH]1. The van der Waals surface area contributed by atoms with Crippen LogP contribution >= 0.6 is 11.8 Å². The molecule has 0 aliphatic rings. The smallest absolute Gasteiger partial charge is 0.258 e. The number of H-pyrrole nitrogens is 1. The number of benzene rings is 2. The zero-order valence-corrected chi connectivity index (χ0v) is 15.8. The average Bonchev–Trinajstić information content (AvgIpc) is 3.08. The van der Waals surface area contributed by atoms with Crippen molar-refractivity contribution in [2.24, 2.45) is 0 Å². The van der Waals surface area contributed by atoms with E-state index in [4.69, 9.17) is 4.74 Å². The molecule has 0 radical (unpaired) electrons. The van der Waals surface area contributed by atoms with Crippen LogP contribution in [0.2, 0.25) is 0 Å². The van der Waals surface area contributed by atoms with Crippen molar-refractivity contribution < 1.29 is 9.53 Å². The zero-order valence-electron chi connectivity index (χ0n) is 15.0. The molecule has 1 amide bonds. The molecule has 0 aliphatic heterocycles. The number of nitrogens with zero attached hydrogens (tertiary/aromatic N) is 1. The first-order chi connectivity index (χ1) is 12.7. The topological polar surface area (TPSA) is 67.0 Å². The maximum absolute atomic E-state index is 12.4. The van der Waals surface area contributed by atoms with Gasteiger partial charge in [0.25, 0.3) is 5.91 Å². The van der Waals surface area contributed by atoms with E-state index in [1.54, 1.807) is 11.8 Å². The highest BCUT2D eigenvalue weighted by Gasteiger charge is 2.18. The Hall–Kier alpha value is -2.47. The number of aromatic nitrogens is 2.